The number of rotatable bonds is 8. The van der Waals surface area contributed by atoms with Crippen LogP contribution in [0.1, 0.15) is 47.5 Å². The second-order valence-electron chi connectivity index (χ2n) is 6.16. The van der Waals surface area contributed by atoms with Gasteiger partial charge < -0.3 is 14.8 Å². The van der Waals surface area contributed by atoms with Gasteiger partial charge >= 0.3 is 0 Å². The van der Waals surface area contributed by atoms with Gasteiger partial charge in [-0.15, -0.1) is 0 Å². The number of hydrogen-bond donors (Lipinski definition) is 1. The SMILES string of the molecule is CCOc1cccc(OC(C)CCCNC(C)(C)C)c1. The average molecular weight is 279 g/mol. The molecule has 0 bridgehead atoms. The Bertz CT molecular complexity index is 385. The second kappa shape index (κ2) is 8.15. The second-order valence-corrected chi connectivity index (χ2v) is 6.16. The largest absolute Gasteiger partial charge is 0.494 e. The Kier molecular flexibility index (Phi) is 6.86. The summed E-state index contributed by atoms with van der Waals surface area (Å²) in [6.07, 6.45) is 2.37. The molecule has 114 valence electrons. The van der Waals surface area contributed by atoms with Crippen molar-refractivity contribution in [2.24, 2.45) is 0 Å². The Balaban J connectivity index is 2.31. The Morgan fingerprint density at radius 2 is 1.90 bits per heavy atom. The van der Waals surface area contributed by atoms with Gasteiger partial charge in [-0.2, -0.15) is 0 Å². The molecule has 20 heavy (non-hydrogen) atoms. The third kappa shape index (κ3) is 7.39. The van der Waals surface area contributed by atoms with Gasteiger partial charge in [0.25, 0.3) is 0 Å². The fourth-order valence-corrected chi connectivity index (χ4v) is 1.95. The molecule has 0 fully saturated rings. The highest BCUT2D eigenvalue weighted by atomic mass is 16.5. The van der Waals surface area contributed by atoms with Crippen molar-refractivity contribution >= 4 is 0 Å². The van der Waals surface area contributed by atoms with Gasteiger partial charge in [0.1, 0.15) is 11.5 Å². The lowest BCUT2D eigenvalue weighted by Crippen LogP contribution is -2.36. The lowest BCUT2D eigenvalue weighted by atomic mass is 10.1. The van der Waals surface area contributed by atoms with Gasteiger partial charge in [-0.25, -0.2) is 0 Å². The van der Waals surface area contributed by atoms with Gasteiger partial charge in [0.2, 0.25) is 0 Å². The van der Waals surface area contributed by atoms with Crippen LogP contribution in [0.15, 0.2) is 24.3 Å². The summed E-state index contributed by atoms with van der Waals surface area (Å²) in [5.74, 6) is 1.75. The smallest absolute Gasteiger partial charge is 0.123 e. The van der Waals surface area contributed by atoms with Gasteiger partial charge in [0.15, 0.2) is 0 Å². The number of nitrogens with one attached hydrogen (secondary N) is 1. The van der Waals surface area contributed by atoms with E-state index >= 15 is 0 Å². The van der Waals surface area contributed by atoms with Crippen molar-refractivity contribution in [1.29, 1.82) is 0 Å². The standard InChI is InChI=1S/C17H29NO2/c1-6-19-15-10-7-11-16(13-15)20-14(2)9-8-12-18-17(3,4)5/h7,10-11,13-14,18H,6,8-9,12H2,1-5H3. The van der Waals surface area contributed by atoms with Gasteiger partial charge in [0.05, 0.1) is 12.7 Å². The topological polar surface area (TPSA) is 30.5 Å². The first-order chi connectivity index (χ1) is 9.40. The zero-order valence-corrected chi connectivity index (χ0v) is 13.5. The molecule has 0 saturated carbocycles. The average Bonchev–Trinajstić information content (AvgIpc) is 2.34. The molecule has 0 aliphatic rings. The first-order valence-corrected chi connectivity index (χ1v) is 7.55. The fourth-order valence-electron chi connectivity index (χ4n) is 1.95. The van der Waals surface area contributed by atoms with Crippen LogP contribution in [0.4, 0.5) is 0 Å². The van der Waals surface area contributed by atoms with E-state index < -0.39 is 0 Å². The van der Waals surface area contributed by atoms with Crippen LogP contribution in [0.2, 0.25) is 0 Å². The van der Waals surface area contributed by atoms with Gasteiger partial charge in [-0.05, 0) is 66.1 Å². The maximum atomic E-state index is 5.93. The van der Waals surface area contributed by atoms with Crippen LogP contribution in [0, 0.1) is 0 Å². The molecule has 0 amide bonds. The lowest BCUT2D eigenvalue weighted by Gasteiger charge is -2.21. The number of benzene rings is 1. The number of ether oxygens (including phenoxy) is 2. The molecule has 0 aliphatic heterocycles. The Morgan fingerprint density at radius 1 is 1.20 bits per heavy atom. The van der Waals surface area contributed by atoms with Crippen molar-refractivity contribution in [2.75, 3.05) is 13.2 Å². The quantitative estimate of drug-likeness (QED) is 0.729. The minimum atomic E-state index is 0.190. The number of hydrogen-bond acceptors (Lipinski definition) is 3. The Labute approximate surface area is 123 Å². The van der Waals surface area contributed by atoms with Crippen LogP contribution in [0.5, 0.6) is 11.5 Å². The molecule has 0 heterocycles. The molecule has 0 aromatic heterocycles. The van der Waals surface area contributed by atoms with Crippen LogP contribution >= 0.6 is 0 Å². The molecule has 0 radical (unpaired) electrons. The van der Waals surface area contributed by atoms with E-state index in [4.69, 9.17) is 9.47 Å². The molecule has 3 heteroatoms. The first kappa shape index (κ1) is 16.8. The van der Waals surface area contributed by atoms with Crippen LogP contribution in [-0.4, -0.2) is 24.8 Å². The third-order valence-corrected chi connectivity index (χ3v) is 2.90. The van der Waals surface area contributed by atoms with Gasteiger partial charge in [0, 0.05) is 11.6 Å². The predicted molar refractivity (Wildman–Crippen MR) is 84.7 cm³/mol. The highest BCUT2D eigenvalue weighted by Crippen LogP contribution is 2.21. The van der Waals surface area contributed by atoms with Crippen LogP contribution in [0.3, 0.4) is 0 Å². The highest BCUT2D eigenvalue weighted by molar-refractivity contribution is 5.33. The highest BCUT2D eigenvalue weighted by Gasteiger charge is 2.09. The molecule has 1 aromatic rings. The summed E-state index contributed by atoms with van der Waals surface area (Å²) in [6, 6.07) is 7.85. The maximum Gasteiger partial charge on any atom is 0.123 e. The minimum absolute atomic E-state index is 0.190. The van der Waals surface area contributed by atoms with Crippen molar-refractivity contribution < 1.29 is 9.47 Å². The van der Waals surface area contributed by atoms with Gasteiger partial charge in [-0.3, -0.25) is 0 Å². The molecule has 1 atom stereocenters. The normalized spacial score (nSPS) is 13.1. The lowest BCUT2D eigenvalue weighted by molar-refractivity contribution is 0.204. The van der Waals surface area contributed by atoms with Crippen molar-refractivity contribution in [2.45, 2.75) is 59.1 Å². The molecular weight excluding hydrogens is 250 g/mol. The predicted octanol–water partition coefficient (Wildman–Crippen LogP) is 4.02. The molecule has 1 rings (SSSR count). The summed E-state index contributed by atoms with van der Waals surface area (Å²) in [7, 11) is 0. The molecule has 3 nitrogen and oxygen atoms in total. The van der Waals surface area contributed by atoms with Crippen LogP contribution < -0.4 is 14.8 Å². The Morgan fingerprint density at radius 3 is 2.55 bits per heavy atom. The molecule has 1 unspecified atom stereocenters. The van der Waals surface area contributed by atoms with E-state index in [0.29, 0.717) is 6.61 Å². The molecular formula is C17H29NO2. The molecule has 0 saturated heterocycles. The zero-order chi connectivity index (χ0) is 15.0. The third-order valence-electron chi connectivity index (χ3n) is 2.90. The monoisotopic (exact) mass is 279 g/mol. The van der Waals surface area contributed by atoms with Crippen molar-refractivity contribution in [3.63, 3.8) is 0 Å². The van der Waals surface area contributed by atoms with E-state index in [1.165, 1.54) is 0 Å². The van der Waals surface area contributed by atoms with Crippen LogP contribution in [-0.2, 0) is 0 Å². The Hall–Kier alpha value is -1.22. The fraction of sp³-hybridized carbons (Fsp3) is 0.647. The molecule has 0 spiro atoms. The van der Waals surface area contributed by atoms with E-state index in [1.807, 2.05) is 31.2 Å². The van der Waals surface area contributed by atoms with E-state index in [9.17, 15) is 0 Å². The summed E-state index contributed by atoms with van der Waals surface area (Å²) < 4.78 is 11.4. The summed E-state index contributed by atoms with van der Waals surface area (Å²) >= 11 is 0. The van der Waals surface area contributed by atoms with E-state index in [0.717, 1.165) is 30.9 Å². The van der Waals surface area contributed by atoms with Crippen molar-refractivity contribution in [3.05, 3.63) is 24.3 Å². The van der Waals surface area contributed by atoms with E-state index in [2.05, 4.69) is 33.0 Å². The maximum absolute atomic E-state index is 5.93. The minimum Gasteiger partial charge on any atom is -0.494 e. The van der Waals surface area contributed by atoms with Crippen LogP contribution in [0.25, 0.3) is 0 Å². The van der Waals surface area contributed by atoms with E-state index in [1.54, 1.807) is 0 Å². The first-order valence-electron chi connectivity index (χ1n) is 7.55. The molecule has 1 N–H and O–H groups in total. The van der Waals surface area contributed by atoms with Gasteiger partial charge in [-0.1, -0.05) is 6.07 Å². The molecule has 1 aromatic carbocycles. The van der Waals surface area contributed by atoms with Crippen molar-refractivity contribution in [1.82, 2.24) is 5.32 Å². The molecule has 0 aliphatic carbocycles. The van der Waals surface area contributed by atoms with Crippen molar-refractivity contribution in [3.8, 4) is 11.5 Å². The summed E-state index contributed by atoms with van der Waals surface area (Å²) in [5.41, 5.74) is 0.190. The zero-order valence-electron chi connectivity index (χ0n) is 13.5. The summed E-state index contributed by atoms with van der Waals surface area (Å²) in [4.78, 5) is 0. The summed E-state index contributed by atoms with van der Waals surface area (Å²) in [6.45, 7) is 12.4. The summed E-state index contributed by atoms with van der Waals surface area (Å²) in [5, 5.41) is 3.49. The van der Waals surface area contributed by atoms with E-state index in [-0.39, 0.29) is 11.6 Å².